The number of carbonyl (C=O) groups excluding carboxylic acids is 1. The van der Waals surface area contributed by atoms with E-state index in [0.29, 0.717) is 25.5 Å². The second-order valence-electron chi connectivity index (χ2n) is 6.77. The maximum absolute atomic E-state index is 12.1. The van der Waals surface area contributed by atoms with Crippen molar-refractivity contribution in [1.82, 2.24) is 15.5 Å². The molecule has 1 saturated heterocycles. The van der Waals surface area contributed by atoms with Crippen LogP contribution in [0.25, 0.3) is 0 Å². The van der Waals surface area contributed by atoms with Crippen molar-refractivity contribution in [3.8, 4) is 5.75 Å². The third-order valence-corrected chi connectivity index (χ3v) is 4.48. The highest BCUT2D eigenvalue weighted by Gasteiger charge is 2.14. The van der Waals surface area contributed by atoms with Gasteiger partial charge < -0.3 is 20.3 Å². The van der Waals surface area contributed by atoms with Crippen LogP contribution < -0.4 is 15.4 Å². The molecule has 1 heterocycles. The van der Waals surface area contributed by atoms with Gasteiger partial charge in [0.1, 0.15) is 12.4 Å². The van der Waals surface area contributed by atoms with Crippen molar-refractivity contribution in [2.75, 3.05) is 40.3 Å². The number of benzene rings is 1. The van der Waals surface area contributed by atoms with Gasteiger partial charge >= 0.3 is 0 Å². The SMILES string of the molecule is CN(C)CCOc1ccccc1CNC(=O)CCC1CCNCC1. The van der Waals surface area contributed by atoms with Crippen molar-refractivity contribution in [2.45, 2.75) is 32.2 Å². The summed E-state index contributed by atoms with van der Waals surface area (Å²) >= 11 is 0. The Morgan fingerprint density at radius 2 is 2.04 bits per heavy atom. The number of piperidine rings is 1. The topological polar surface area (TPSA) is 53.6 Å². The summed E-state index contributed by atoms with van der Waals surface area (Å²) in [6.07, 6.45) is 3.99. The van der Waals surface area contributed by atoms with E-state index in [1.54, 1.807) is 0 Å². The summed E-state index contributed by atoms with van der Waals surface area (Å²) in [7, 11) is 4.05. The number of ether oxygens (including phenoxy) is 1. The lowest BCUT2D eigenvalue weighted by molar-refractivity contribution is -0.121. The average molecular weight is 333 g/mol. The summed E-state index contributed by atoms with van der Waals surface area (Å²) in [6, 6.07) is 7.92. The van der Waals surface area contributed by atoms with E-state index < -0.39 is 0 Å². The molecule has 1 aliphatic rings. The first-order valence-electron chi connectivity index (χ1n) is 8.98. The largest absolute Gasteiger partial charge is 0.492 e. The van der Waals surface area contributed by atoms with Gasteiger partial charge in [-0.3, -0.25) is 4.79 Å². The summed E-state index contributed by atoms with van der Waals surface area (Å²) in [5, 5.41) is 6.39. The molecule has 0 atom stereocenters. The van der Waals surface area contributed by atoms with E-state index in [-0.39, 0.29) is 5.91 Å². The van der Waals surface area contributed by atoms with Crippen LogP contribution >= 0.6 is 0 Å². The average Bonchev–Trinajstić information content (AvgIpc) is 2.59. The molecule has 0 saturated carbocycles. The van der Waals surface area contributed by atoms with Crippen molar-refractivity contribution in [3.05, 3.63) is 29.8 Å². The number of nitrogens with zero attached hydrogens (tertiary/aromatic N) is 1. The first kappa shape index (κ1) is 18.7. The minimum absolute atomic E-state index is 0.136. The summed E-state index contributed by atoms with van der Waals surface area (Å²) < 4.78 is 5.84. The number of likely N-dealkylation sites (N-methyl/N-ethyl adjacent to an activating group) is 1. The van der Waals surface area contributed by atoms with E-state index in [9.17, 15) is 4.79 Å². The van der Waals surface area contributed by atoms with E-state index in [4.69, 9.17) is 4.74 Å². The van der Waals surface area contributed by atoms with Crippen LogP contribution in [-0.4, -0.2) is 51.1 Å². The Bertz CT molecular complexity index is 499. The molecule has 5 heteroatoms. The van der Waals surface area contributed by atoms with Gasteiger partial charge in [0.05, 0.1) is 0 Å². The molecule has 1 aromatic rings. The molecule has 0 aliphatic carbocycles. The lowest BCUT2D eigenvalue weighted by atomic mass is 9.93. The summed E-state index contributed by atoms with van der Waals surface area (Å²) in [5.74, 6) is 1.69. The monoisotopic (exact) mass is 333 g/mol. The molecule has 1 aromatic carbocycles. The lowest BCUT2D eigenvalue weighted by Gasteiger charge is -2.22. The molecule has 5 nitrogen and oxygen atoms in total. The van der Waals surface area contributed by atoms with Gasteiger partial charge in [-0.1, -0.05) is 18.2 Å². The molecule has 0 spiro atoms. The Labute approximate surface area is 145 Å². The Morgan fingerprint density at radius 1 is 1.29 bits per heavy atom. The van der Waals surface area contributed by atoms with E-state index >= 15 is 0 Å². The van der Waals surface area contributed by atoms with Gasteiger partial charge in [-0.25, -0.2) is 0 Å². The molecular formula is C19H31N3O2. The van der Waals surface area contributed by atoms with Crippen LogP contribution in [0.15, 0.2) is 24.3 Å². The highest BCUT2D eigenvalue weighted by Crippen LogP contribution is 2.19. The number of rotatable bonds is 9. The highest BCUT2D eigenvalue weighted by molar-refractivity contribution is 5.75. The third kappa shape index (κ3) is 6.89. The molecule has 1 aliphatic heterocycles. The van der Waals surface area contributed by atoms with Gasteiger partial charge in [0.25, 0.3) is 0 Å². The normalized spacial score (nSPS) is 15.5. The number of nitrogens with one attached hydrogen (secondary N) is 2. The van der Waals surface area contributed by atoms with E-state index in [0.717, 1.165) is 37.4 Å². The fraction of sp³-hybridized carbons (Fsp3) is 0.632. The molecule has 2 rings (SSSR count). The van der Waals surface area contributed by atoms with Crippen LogP contribution in [0.3, 0.4) is 0 Å². The van der Waals surface area contributed by atoms with Gasteiger partial charge in [0.2, 0.25) is 5.91 Å². The fourth-order valence-corrected chi connectivity index (χ4v) is 2.92. The Balaban J connectivity index is 1.73. The van der Waals surface area contributed by atoms with Gasteiger partial charge in [0.15, 0.2) is 0 Å². The Hall–Kier alpha value is -1.59. The summed E-state index contributed by atoms with van der Waals surface area (Å²) in [4.78, 5) is 14.2. The van der Waals surface area contributed by atoms with Crippen LogP contribution in [0.2, 0.25) is 0 Å². The van der Waals surface area contributed by atoms with Gasteiger partial charge in [-0.05, 0) is 58.4 Å². The number of hydrogen-bond donors (Lipinski definition) is 2. The standard InChI is InChI=1S/C19H31N3O2/c1-22(2)13-14-24-18-6-4-3-5-17(18)15-21-19(23)8-7-16-9-11-20-12-10-16/h3-6,16,20H,7-15H2,1-2H3,(H,21,23). The summed E-state index contributed by atoms with van der Waals surface area (Å²) in [6.45, 7) is 4.22. The van der Waals surface area contributed by atoms with Crippen LogP contribution in [0, 0.1) is 5.92 Å². The Kier molecular flexibility index (Phi) is 8.05. The number of hydrogen-bond acceptors (Lipinski definition) is 4. The molecular weight excluding hydrogens is 302 g/mol. The first-order chi connectivity index (χ1) is 11.6. The molecule has 0 radical (unpaired) electrons. The number of amides is 1. The van der Waals surface area contributed by atoms with E-state index in [1.807, 2.05) is 38.4 Å². The fourth-order valence-electron chi connectivity index (χ4n) is 2.92. The molecule has 24 heavy (non-hydrogen) atoms. The predicted octanol–water partition coefficient (Wildman–Crippen LogP) is 2.02. The molecule has 1 amide bonds. The molecule has 0 bridgehead atoms. The minimum Gasteiger partial charge on any atom is -0.492 e. The van der Waals surface area contributed by atoms with E-state index in [2.05, 4.69) is 15.5 Å². The predicted molar refractivity (Wildman–Crippen MR) is 97.2 cm³/mol. The van der Waals surface area contributed by atoms with Crippen LogP contribution in [0.4, 0.5) is 0 Å². The third-order valence-electron chi connectivity index (χ3n) is 4.48. The maximum atomic E-state index is 12.1. The zero-order chi connectivity index (χ0) is 17.2. The number of para-hydroxylation sites is 1. The van der Waals surface area contributed by atoms with Gasteiger partial charge in [0, 0.05) is 25.1 Å². The van der Waals surface area contributed by atoms with Crippen LogP contribution in [0.1, 0.15) is 31.2 Å². The second kappa shape index (κ2) is 10.3. The van der Waals surface area contributed by atoms with Crippen LogP contribution in [0.5, 0.6) is 5.75 Å². The molecule has 0 unspecified atom stereocenters. The van der Waals surface area contributed by atoms with E-state index in [1.165, 1.54) is 12.8 Å². The van der Waals surface area contributed by atoms with Crippen molar-refractivity contribution < 1.29 is 9.53 Å². The minimum atomic E-state index is 0.136. The molecule has 1 fully saturated rings. The van der Waals surface area contributed by atoms with Crippen molar-refractivity contribution in [2.24, 2.45) is 5.92 Å². The zero-order valence-corrected chi connectivity index (χ0v) is 15.0. The smallest absolute Gasteiger partial charge is 0.220 e. The Morgan fingerprint density at radius 3 is 2.79 bits per heavy atom. The molecule has 2 N–H and O–H groups in total. The van der Waals surface area contributed by atoms with Gasteiger partial charge in [-0.15, -0.1) is 0 Å². The maximum Gasteiger partial charge on any atom is 0.220 e. The molecule has 0 aromatic heterocycles. The lowest BCUT2D eigenvalue weighted by Crippen LogP contribution is -2.29. The van der Waals surface area contributed by atoms with Crippen molar-refractivity contribution in [3.63, 3.8) is 0 Å². The van der Waals surface area contributed by atoms with Crippen LogP contribution in [-0.2, 0) is 11.3 Å². The molecule has 134 valence electrons. The first-order valence-corrected chi connectivity index (χ1v) is 8.98. The van der Waals surface area contributed by atoms with Gasteiger partial charge in [-0.2, -0.15) is 0 Å². The zero-order valence-electron chi connectivity index (χ0n) is 15.0. The second-order valence-corrected chi connectivity index (χ2v) is 6.77. The van der Waals surface area contributed by atoms with Crippen molar-refractivity contribution in [1.29, 1.82) is 0 Å². The quantitative estimate of drug-likeness (QED) is 0.726. The highest BCUT2D eigenvalue weighted by atomic mass is 16.5. The number of carbonyl (C=O) groups is 1. The summed E-state index contributed by atoms with van der Waals surface area (Å²) in [5.41, 5.74) is 1.03. The van der Waals surface area contributed by atoms with Crippen molar-refractivity contribution >= 4 is 5.91 Å².